The van der Waals surface area contributed by atoms with E-state index in [4.69, 9.17) is 9.72 Å². The highest BCUT2D eigenvalue weighted by molar-refractivity contribution is 5.85. The minimum absolute atomic E-state index is 0.0443. The standard InChI is InChI=1S/C38H45N3O3/c1-35(2,3)24-18-19-39-34(20-24)40-30-15-13-12-14-26(30)38(10,11)27-17-16-25(21-31(27)40)44-33-23-32(41(42)43)28(36(4,5)6)22-29(33)37(7,8)9/h12-23H,1-11H3. The van der Waals surface area contributed by atoms with E-state index in [1.54, 1.807) is 6.07 Å². The van der Waals surface area contributed by atoms with E-state index in [2.05, 4.69) is 109 Å². The first kappa shape index (κ1) is 31.2. The van der Waals surface area contributed by atoms with E-state index in [1.807, 2.05) is 39.1 Å². The zero-order chi connectivity index (χ0) is 32.4. The molecule has 3 aromatic carbocycles. The van der Waals surface area contributed by atoms with Crippen molar-refractivity contribution in [2.24, 2.45) is 0 Å². The fourth-order valence-corrected chi connectivity index (χ4v) is 6.13. The Kier molecular flexibility index (Phi) is 7.43. The van der Waals surface area contributed by atoms with Crippen LogP contribution in [0.25, 0.3) is 0 Å². The molecule has 0 atom stereocenters. The van der Waals surface area contributed by atoms with Gasteiger partial charge in [0.2, 0.25) is 0 Å². The molecule has 0 radical (unpaired) electrons. The van der Waals surface area contributed by atoms with E-state index in [9.17, 15) is 10.1 Å². The maximum Gasteiger partial charge on any atom is 0.276 e. The summed E-state index contributed by atoms with van der Waals surface area (Å²) in [6.07, 6.45) is 1.88. The molecule has 1 aliphatic heterocycles. The van der Waals surface area contributed by atoms with Gasteiger partial charge in [-0.2, -0.15) is 0 Å². The van der Waals surface area contributed by atoms with Gasteiger partial charge in [0.15, 0.2) is 0 Å². The molecule has 0 spiro atoms. The van der Waals surface area contributed by atoms with E-state index in [0.717, 1.165) is 28.3 Å². The predicted molar refractivity (Wildman–Crippen MR) is 180 cm³/mol. The van der Waals surface area contributed by atoms with Gasteiger partial charge in [-0.05, 0) is 63.3 Å². The Hall–Kier alpha value is -4.19. The highest BCUT2D eigenvalue weighted by Crippen LogP contribution is 2.53. The summed E-state index contributed by atoms with van der Waals surface area (Å²) in [5.41, 5.74) is 6.27. The van der Waals surface area contributed by atoms with Crippen molar-refractivity contribution in [2.75, 3.05) is 4.90 Å². The molecular weight excluding hydrogens is 546 g/mol. The van der Waals surface area contributed by atoms with Crippen LogP contribution in [-0.4, -0.2) is 9.91 Å². The van der Waals surface area contributed by atoms with Gasteiger partial charge in [0, 0.05) is 28.8 Å². The van der Waals surface area contributed by atoms with Crippen molar-refractivity contribution in [1.82, 2.24) is 4.98 Å². The number of hydrogen-bond donors (Lipinski definition) is 0. The fourth-order valence-electron chi connectivity index (χ4n) is 6.13. The second-order valence-electron chi connectivity index (χ2n) is 15.5. The molecule has 0 bridgehead atoms. The first-order valence-electron chi connectivity index (χ1n) is 15.3. The quantitative estimate of drug-likeness (QED) is 0.174. The number of nitro benzene ring substituents is 1. The van der Waals surface area contributed by atoms with E-state index in [1.165, 1.54) is 11.1 Å². The molecule has 230 valence electrons. The van der Waals surface area contributed by atoms with Gasteiger partial charge in [-0.25, -0.2) is 4.98 Å². The van der Waals surface area contributed by atoms with Crippen molar-refractivity contribution in [2.45, 2.75) is 97.8 Å². The van der Waals surface area contributed by atoms with Gasteiger partial charge in [-0.1, -0.05) is 100 Å². The van der Waals surface area contributed by atoms with E-state index in [-0.39, 0.29) is 26.9 Å². The number of hydrogen-bond acceptors (Lipinski definition) is 5. The molecule has 6 nitrogen and oxygen atoms in total. The summed E-state index contributed by atoms with van der Waals surface area (Å²) in [5.74, 6) is 1.94. The number of para-hydroxylation sites is 1. The van der Waals surface area contributed by atoms with Crippen LogP contribution < -0.4 is 9.64 Å². The van der Waals surface area contributed by atoms with Crippen LogP contribution in [0.1, 0.15) is 104 Å². The van der Waals surface area contributed by atoms with Crippen LogP contribution in [0.2, 0.25) is 0 Å². The molecule has 0 aliphatic carbocycles. The molecule has 1 aromatic heterocycles. The van der Waals surface area contributed by atoms with E-state index >= 15 is 0 Å². The van der Waals surface area contributed by atoms with Gasteiger partial charge in [0.25, 0.3) is 5.69 Å². The molecule has 0 fully saturated rings. The van der Waals surface area contributed by atoms with Gasteiger partial charge in [-0.3, -0.25) is 15.0 Å². The number of rotatable bonds is 4. The number of fused-ring (bicyclic) bond motifs is 2. The Bertz CT molecular complexity index is 1750. The minimum Gasteiger partial charge on any atom is -0.457 e. The fraction of sp³-hybridized carbons (Fsp3) is 0.395. The molecule has 0 unspecified atom stereocenters. The molecule has 4 aromatic rings. The van der Waals surface area contributed by atoms with Crippen molar-refractivity contribution in [3.63, 3.8) is 0 Å². The third-order valence-electron chi connectivity index (χ3n) is 8.68. The molecule has 0 amide bonds. The zero-order valence-electron chi connectivity index (χ0n) is 28.0. The van der Waals surface area contributed by atoms with Crippen LogP contribution in [0.15, 0.2) is 72.9 Å². The Labute approximate surface area is 262 Å². The number of aromatic nitrogens is 1. The molecule has 5 rings (SSSR count). The van der Waals surface area contributed by atoms with Gasteiger partial charge >= 0.3 is 0 Å². The first-order chi connectivity index (χ1) is 20.3. The van der Waals surface area contributed by atoms with Crippen molar-refractivity contribution in [1.29, 1.82) is 0 Å². The molecule has 0 saturated heterocycles. The third kappa shape index (κ3) is 5.58. The summed E-state index contributed by atoms with van der Waals surface area (Å²) in [4.78, 5) is 19.0. The molecular formula is C38H45N3O3. The largest absolute Gasteiger partial charge is 0.457 e. The SMILES string of the molecule is CC(C)(C)c1ccnc(N2c3ccccc3C(C)(C)c3ccc(Oc4cc([N+](=O)[O-])c(C(C)(C)C)cc4C(C)(C)C)cc32)c1. The predicted octanol–water partition coefficient (Wildman–Crippen LogP) is 10.8. The molecule has 44 heavy (non-hydrogen) atoms. The number of benzene rings is 3. The maximum absolute atomic E-state index is 12.2. The molecule has 0 saturated carbocycles. The number of nitrogens with zero attached hydrogens (tertiary/aromatic N) is 3. The normalized spacial score (nSPS) is 14.6. The smallest absolute Gasteiger partial charge is 0.276 e. The summed E-state index contributed by atoms with van der Waals surface area (Å²) in [7, 11) is 0. The lowest BCUT2D eigenvalue weighted by Gasteiger charge is -2.41. The average Bonchev–Trinajstić information content (AvgIpc) is 2.91. The van der Waals surface area contributed by atoms with Gasteiger partial charge in [-0.15, -0.1) is 0 Å². The number of nitro groups is 1. The third-order valence-corrected chi connectivity index (χ3v) is 8.68. The Morgan fingerprint density at radius 3 is 2.00 bits per heavy atom. The summed E-state index contributed by atoms with van der Waals surface area (Å²) in [6, 6.07) is 22.4. The van der Waals surface area contributed by atoms with E-state index in [0.29, 0.717) is 17.1 Å². The maximum atomic E-state index is 12.2. The van der Waals surface area contributed by atoms with Gasteiger partial charge < -0.3 is 4.74 Å². The number of ether oxygens (including phenoxy) is 1. The van der Waals surface area contributed by atoms with Crippen molar-refractivity contribution in [3.8, 4) is 11.5 Å². The Balaban J connectivity index is 1.72. The lowest BCUT2D eigenvalue weighted by molar-refractivity contribution is -0.386. The zero-order valence-corrected chi connectivity index (χ0v) is 28.0. The van der Waals surface area contributed by atoms with Crippen molar-refractivity contribution >= 4 is 22.9 Å². The lowest BCUT2D eigenvalue weighted by Crippen LogP contribution is -2.31. The number of pyridine rings is 1. The summed E-state index contributed by atoms with van der Waals surface area (Å²) >= 11 is 0. The van der Waals surface area contributed by atoms with Crippen LogP contribution in [0.3, 0.4) is 0 Å². The highest BCUT2D eigenvalue weighted by Gasteiger charge is 2.38. The van der Waals surface area contributed by atoms with Crippen LogP contribution >= 0.6 is 0 Å². The Morgan fingerprint density at radius 1 is 0.750 bits per heavy atom. The second kappa shape index (κ2) is 10.5. The molecule has 1 aliphatic rings. The Morgan fingerprint density at radius 2 is 1.39 bits per heavy atom. The summed E-state index contributed by atoms with van der Waals surface area (Å²) in [6.45, 7) is 23.4. The summed E-state index contributed by atoms with van der Waals surface area (Å²) in [5, 5.41) is 12.2. The lowest BCUT2D eigenvalue weighted by atomic mass is 9.73. The average molecular weight is 592 g/mol. The molecule has 0 N–H and O–H groups in total. The monoisotopic (exact) mass is 591 g/mol. The van der Waals surface area contributed by atoms with Crippen molar-refractivity contribution in [3.05, 3.63) is 111 Å². The topological polar surface area (TPSA) is 68.5 Å². The van der Waals surface area contributed by atoms with Gasteiger partial charge in [0.1, 0.15) is 17.3 Å². The first-order valence-corrected chi connectivity index (χ1v) is 15.3. The second-order valence-corrected chi connectivity index (χ2v) is 15.5. The van der Waals surface area contributed by atoms with Crippen LogP contribution in [0.5, 0.6) is 11.5 Å². The number of anilines is 3. The summed E-state index contributed by atoms with van der Waals surface area (Å²) < 4.78 is 6.63. The molecule has 6 heteroatoms. The van der Waals surface area contributed by atoms with E-state index < -0.39 is 5.41 Å². The highest BCUT2D eigenvalue weighted by atomic mass is 16.6. The van der Waals surface area contributed by atoms with Crippen molar-refractivity contribution < 1.29 is 9.66 Å². The van der Waals surface area contributed by atoms with Crippen LogP contribution in [0.4, 0.5) is 22.9 Å². The minimum atomic E-state index is -0.402. The van der Waals surface area contributed by atoms with Crippen LogP contribution in [0, 0.1) is 10.1 Å². The van der Waals surface area contributed by atoms with Crippen LogP contribution in [-0.2, 0) is 21.7 Å². The van der Waals surface area contributed by atoms with Gasteiger partial charge in [0.05, 0.1) is 22.4 Å². The molecule has 2 heterocycles.